The molecule has 2 nitrogen and oxygen atoms in total. The topological polar surface area (TPSA) is 29.5 Å². The van der Waals surface area contributed by atoms with Gasteiger partial charge in [-0.3, -0.25) is 0 Å². The van der Waals surface area contributed by atoms with Gasteiger partial charge in [0.05, 0.1) is 19.8 Å². The molecule has 0 radical (unpaired) electrons. The number of ether oxygens (including phenoxy) is 1. The van der Waals surface area contributed by atoms with Crippen LogP contribution in [0.2, 0.25) is 0 Å². The summed E-state index contributed by atoms with van der Waals surface area (Å²) in [7, 11) is 0. The Morgan fingerprint density at radius 1 is 1.50 bits per heavy atom. The zero-order chi connectivity index (χ0) is 8.04. The first-order chi connectivity index (χ1) is 4.83. The van der Waals surface area contributed by atoms with E-state index < -0.39 is 0 Å². The highest BCUT2D eigenvalue weighted by molar-refractivity contribution is 9.09. The average molecular weight is 211 g/mol. The smallest absolute Gasteiger partial charge is 0.0575 e. The molecule has 1 heterocycles. The Bertz CT molecular complexity index is 68.2. The molecule has 1 saturated heterocycles. The fourth-order valence-corrected chi connectivity index (χ4v) is 1.10. The highest BCUT2D eigenvalue weighted by Crippen LogP contribution is 2.28. The molecule has 1 aliphatic heterocycles. The highest BCUT2D eigenvalue weighted by atomic mass is 79.9. The van der Waals surface area contributed by atoms with Crippen molar-refractivity contribution < 1.29 is 9.84 Å². The number of alkyl halides is 1. The van der Waals surface area contributed by atoms with Crippen LogP contribution in [0.4, 0.5) is 0 Å². The number of hydrogen-bond donors (Lipinski definition) is 1. The number of rotatable bonds is 2. The van der Waals surface area contributed by atoms with Gasteiger partial charge in [-0.15, -0.1) is 0 Å². The third kappa shape index (κ3) is 2.22. The van der Waals surface area contributed by atoms with Crippen molar-refractivity contribution in [2.45, 2.75) is 13.8 Å². The summed E-state index contributed by atoms with van der Waals surface area (Å²) in [6, 6.07) is 0. The maximum Gasteiger partial charge on any atom is 0.0575 e. The second-order valence-electron chi connectivity index (χ2n) is 2.28. The van der Waals surface area contributed by atoms with E-state index in [1.165, 1.54) is 0 Å². The van der Waals surface area contributed by atoms with E-state index in [1.807, 2.05) is 13.8 Å². The summed E-state index contributed by atoms with van der Waals surface area (Å²) < 4.78 is 4.93. The van der Waals surface area contributed by atoms with Crippen LogP contribution in [0, 0.1) is 5.41 Å². The summed E-state index contributed by atoms with van der Waals surface area (Å²) in [4.78, 5) is 0. The van der Waals surface area contributed by atoms with Gasteiger partial charge in [0.2, 0.25) is 0 Å². The summed E-state index contributed by atoms with van der Waals surface area (Å²) in [6.07, 6.45) is 0. The molecule has 0 saturated carbocycles. The molecule has 0 unspecified atom stereocenters. The first-order valence-corrected chi connectivity index (χ1v) is 4.70. The van der Waals surface area contributed by atoms with Crippen molar-refractivity contribution in [2.75, 3.05) is 25.2 Å². The van der Waals surface area contributed by atoms with E-state index in [-0.39, 0.29) is 12.0 Å². The van der Waals surface area contributed by atoms with E-state index in [2.05, 4.69) is 15.9 Å². The van der Waals surface area contributed by atoms with Gasteiger partial charge in [0.25, 0.3) is 0 Å². The van der Waals surface area contributed by atoms with E-state index >= 15 is 0 Å². The summed E-state index contributed by atoms with van der Waals surface area (Å²) in [6.45, 7) is 5.64. The SMILES string of the molecule is CC.OCC1(CBr)COC1. The third-order valence-corrected chi connectivity index (χ3v) is 2.62. The zero-order valence-electron chi connectivity index (χ0n) is 6.56. The van der Waals surface area contributed by atoms with Crippen molar-refractivity contribution >= 4 is 15.9 Å². The van der Waals surface area contributed by atoms with Gasteiger partial charge < -0.3 is 9.84 Å². The highest BCUT2D eigenvalue weighted by Gasteiger charge is 2.36. The Balaban J connectivity index is 0.000000371. The van der Waals surface area contributed by atoms with Gasteiger partial charge >= 0.3 is 0 Å². The van der Waals surface area contributed by atoms with Crippen LogP contribution in [-0.4, -0.2) is 30.3 Å². The fraction of sp³-hybridized carbons (Fsp3) is 1.00. The van der Waals surface area contributed by atoms with Crippen LogP contribution in [-0.2, 0) is 4.74 Å². The maximum atomic E-state index is 8.73. The van der Waals surface area contributed by atoms with Crippen LogP contribution in [0.25, 0.3) is 0 Å². The minimum Gasteiger partial charge on any atom is -0.396 e. The monoisotopic (exact) mass is 210 g/mol. The van der Waals surface area contributed by atoms with E-state index in [0.717, 1.165) is 5.33 Å². The van der Waals surface area contributed by atoms with Crippen LogP contribution in [0.3, 0.4) is 0 Å². The summed E-state index contributed by atoms with van der Waals surface area (Å²) >= 11 is 3.30. The van der Waals surface area contributed by atoms with E-state index in [4.69, 9.17) is 9.84 Å². The molecule has 1 N–H and O–H groups in total. The van der Waals surface area contributed by atoms with Crippen molar-refractivity contribution in [3.63, 3.8) is 0 Å². The Kier molecular flexibility index (Phi) is 5.31. The van der Waals surface area contributed by atoms with Crippen molar-refractivity contribution in [1.29, 1.82) is 0 Å². The molecule has 1 rings (SSSR count). The fourth-order valence-electron chi connectivity index (χ4n) is 0.601. The molecule has 1 aliphatic rings. The van der Waals surface area contributed by atoms with Gasteiger partial charge in [0.15, 0.2) is 0 Å². The summed E-state index contributed by atoms with van der Waals surface area (Å²) in [5, 5.41) is 9.57. The predicted molar refractivity (Wildman–Crippen MR) is 45.5 cm³/mol. The average Bonchev–Trinajstić information content (AvgIpc) is 1.93. The quantitative estimate of drug-likeness (QED) is 0.700. The first-order valence-electron chi connectivity index (χ1n) is 3.58. The molecule has 0 aromatic rings. The third-order valence-electron chi connectivity index (χ3n) is 1.44. The molecule has 0 aliphatic carbocycles. The van der Waals surface area contributed by atoms with Crippen LogP contribution in [0.5, 0.6) is 0 Å². The zero-order valence-corrected chi connectivity index (χ0v) is 8.15. The second-order valence-corrected chi connectivity index (χ2v) is 2.85. The van der Waals surface area contributed by atoms with Crippen LogP contribution < -0.4 is 0 Å². The molecule has 62 valence electrons. The Morgan fingerprint density at radius 3 is 2.00 bits per heavy atom. The summed E-state index contributed by atoms with van der Waals surface area (Å²) in [5.41, 5.74) is 0.0556. The lowest BCUT2D eigenvalue weighted by Gasteiger charge is -2.38. The molecular weight excluding hydrogens is 196 g/mol. The van der Waals surface area contributed by atoms with Gasteiger partial charge in [0, 0.05) is 10.7 Å². The van der Waals surface area contributed by atoms with Gasteiger partial charge in [-0.25, -0.2) is 0 Å². The maximum absolute atomic E-state index is 8.73. The number of halogens is 1. The predicted octanol–water partition coefficient (Wildman–Crippen LogP) is 1.42. The van der Waals surface area contributed by atoms with Gasteiger partial charge in [-0.2, -0.15) is 0 Å². The van der Waals surface area contributed by atoms with Crippen LogP contribution in [0.15, 0.2) is 0 Å². The minimum absolute atomic E-state index is 0.0556. The molecule has 0 spiro atoms. The molecule has 0 amide bonds. The van der Waals surface area contributed by atoms with Gasteiger partial charge in [-0.1, -0.05) is 29.8 Å². The number of aliphatic hydroxyl groups is 1. The second kappa shape index (κ2) is 5.10. The summed E-state index contributed by atoms with van der Waals surface area (Å²) in [5.74, 6) is 0. The first kappa shape index (κ1) is 10.4. The number of aliphatic hydroxyl groups excluding tert-OH is 1. The lowest BCUT2D eigenvalue weighted by Crippen LogP contribution is -2.46. The van der Waals surface area contributed by atoms with Crippen LogP contribution >= 0.6 is 15.9 Å². The van der Waals surface area contributed by atoms with E-state index in [0.29, 0.717) is 13.2 Å². The molecular formula is C7H15BrO2. The van der Waals surface area contributed by atoms with Gasteiger partial charge in [0.1, 0.15) is 0 Å². The van der Waals surface area contributed by atoms with Crippen molar-refractivity contribution in [1.82, 2.24) is 0 Å². The van der Waals surface area contributed by atoms with Gasteiger partial charge in [-0.05, 0) is 0 Å². The van der Waals surface area contributed by atoms with Crippen molar-refractivity contribution in [2.24, 2.45) is 5.41 Å². The van der Waals surface area contributed by atoms with Crippen molar-refractivity contribution in [3.05, 3.63) is 0 Å². The normalized spacial score (nSPS) is 20.4. The lowest BCUT2D eigenvalue weighted by atomic mass is 9.90. The largest absolute Gasteiger partial charge is 0.396 e. The van der Waals surface area contributed by atoms with E-state index in [9.17, 15) is 0 Å². The molecule has 0 bridgehead atoms. The Labute approximate surface area is 70.7 Å². The number of hydrogen-bond acceptors (Lipinski definition) is 2. The molecule has 3 heteroatoms. The molecule has 0 aromatic heterocycles. The molecule has 1 fully saturated rings. The standard InChI is InChI=1S/C5H9BrO2.C2H6/c6-1-5(2-7)3-8-4-5;1-2/h7H,1-4H2;1-2H3. The Morgan fingerprint density at radius 2 is 2.00 bits per heavy atom. The van der Waals surface area contributed by atoms with E-state index in [1.54, 1.807) is 0 Å². The lowest BCUT2D eigenvalue weighted by molar-refractivity contribution is -0.121. The molecule has 0 aromatic carbocycles. The van der Waals surface area contributed by atoms with Crippen molar-refractivity contribution in [3.8, 4) is 0 Å². The Hall–Kier alpha value is 0.400. The van der Waals surface area contributed by atoms with Crippen LogP contribution in [0.1, 0.15) is 13.8 Å². The molecule has 10 heavy (non-hydrogen) atoms. The molecule has 0 atom stereocenters. The minimum atomic E-state index is 0.0556.